The summed E-state index contributed by atoms with van der Waals surface area (Å²) >= 11 is 0. The Kier molecular flexibility index (Phi) is 2.89. The number of aliphatic carboxylic acids is 1. The first-order chi connectivity index (χ1) is 4.79. The van der Waals surface area contributed by atoms with Gasteiger partial charge in [-0.05, 0) is 0 Å². The van der Waals surface area contributed by atoms with E-state index in [1.165, 1.54) is 5.37 Å². The molecule has 1 rings (SSSR count). The average molecular weight is 162 g/mol. The van der Waals surface area contributed by atoms with Crippen LogP contribution in [-0.2, 0) is 9.53 Å². The summed E-state index contributed by atoms with van der Waals surface area (Å²) < 4.78 is 5.08. The Morgan fingerprint density at radius 2 is 2.10 bits per heavy atom. The van der Waals surface area contributed by atoms with Crippen molar-refractivity contribution >= 4 is 21.8 Å². The van der Waals surface area contributed by atoms with Gasteiger partial charge < -0.3 is 9.84 Å². The topological polar surface area (TPSA) is 46.5 Å². The van der Waals surface area contributed by atoms with Crippen molar-refractivity contribution in [2.24, 2.45) is 0 Å². The van der Waals surface area contributed by atoms with Crippen LogP contribution in [0.2, 0.25) is 0 Å². The van der Waals surface area contributed by atoms with Crippen LogP contribution in [0.25, 0.3) is 0 Å². The molecule has 1 aliphatic rings. The molecule has 1 saturated heterocycles. The fraction of sp³-hybridized carbons (Fsp3) is 0.667. The second kappa shape index (κ2) is 3.73. The molecule has 10 heavy (non-hydrogen) atoms. The van der Waals surface area contributed by atoms with Crippen molar-refractivity contribution in [3.05, 3.63) is 0 Å². The molecule has 58 valence electrons. The third-order valence-corrected chi connectivity index (χ3v) is 3.16. The van der Waals surface area contributed by atoms with Crippen LogP contribution < -0.4 is 0 Å². The Bertz CT molecular complexity index is 156. The Labute approximate surface area is 61.9 Å². The molecule has 0 radical (unpaired) electrons. The fourth-order valence-electron chi connectivity index (χ4n) is 0.796. The van der Waals surface area contributed by atoms with E-state index in [-0.39, 0.29) is 10.5 Å². The van der Waals surface area contributed by atoms with Crippen LogP contribution in [0, 0.1) is 0 Å². The van der Waals surface area contributed by atoms with Gasteiger partial charge in [0.1, 0.15) is 0 Å². The third kappa shape index (κ3) is 2.49. The van der Waals surface area contributed by atoms with Gasteiger partial charge in [-0.1, -0.05) is 0 Å². The maximum atomic E-state index is 10.2. The summed E-state index contributed by atoms with van der Waals surface area (Å²) in [4.78, 5) is 10.2. The molecule has 0 aliphatic carbocycles. The minimum absolute atomic E-state index is 0.0243. The van der Waals surface area contributed by atoms with E-state index in [1.807, 2.05) is 0 Å². The Balaban J connectivity index is 2.45. The maximum absolute atomic E-state index is 10.2. The Morgan fingerprint density at radius 3 is 2.60 bits per heavy atom. The summed E-state index contributed by atoms with van der Waals surface area (Å²) in [5.41, 5.74) is 0. The number of hydrogen-bond donors (Lipinski definition) is 1. The van der Waals surface area contributed by atoms with Gasteiger partial charge in [0.2, 0.25) is 0 Å². The van der Waals surface area contributed by atoms with E-state index in [2.05, 4.69) is 0 Å². The normalized spacial score (nSPS) is 20.4. The first-order valence-corrected chi connectivity index (χ1v) is 4.73. The van der Waals surface area contributed by atoms with E-state index >= 15 is 0 Å². The highest BCUT2D eigenvalue weighted by Crippen LogP contribution is 2.14. The molecule has 1 heterocycles. The molecule has 0 aromatic heterocycles. The molecule has 0 saturated carbocycles. The summed E-state index contributed by atoms with van der Waals surface area (Å²) in [5.74, 6) is 0.962. The number of carbonyl (C=O) groups is 1. The Morgan fingerprint density at radius 1 is 1.50 bits per heavy atom. The molecule has 0 spiro atoms. The van der Waals surface area contributed by atoms with E-state index in [0.29, 0.717) is 13.2 Å². The van der Waals surface area contributed by atoms with Crippen LogP contribution in [-0.4, -0.2) is 41.2 Å². The van der Waals surface area contributed by atoms with Crippen LogP contribution in [0.15, 0.2) is 0 Å². The molecule has 0 unspecified atom stereocenters. The lowest BCUT2D eigenvalue weighted by atomic mass is 10.8. The molecule has 0 atom stereocenters. The van der Waals surface area contributed by atoms with E-state index in [4.69, 9.17) is 9.84 Å². The zero-order valence-corrected chi connectivity index (χ0v) is 6.39. The highest BCUT2D eigenvalue weighted by molar-refractivity contribution is 8.15. The third-order valence-electron chi connectivity index (χ3n) is 1.25. The first-order valence-electron chi connectivity index (χ1n) is 3.11. The second-order valence-electron chi connectivity index (χ2n) is 2.01. The molecule has 1 fully saturated rings. The lowest BCUT2D eigenvalue weighted by Gasteiger charge is -2.14. The summed E-state index contributed by atoms with van der Waals surface area (Å²) in [5, 5.41) is 9.77. The standard InChI is InChI=1S/C6H10O3S/c7-6(8)5-10-3-1-9-2-4-10/h5H,1-4H2,(H,7,8). The van der Waals surface area contributed by atoms with Gasteiger partial charge in [-0.25, -0.2) is 4.79 Å². The predicted octanol–water partition coefficient (Wildman–Crippen LogP) is 0.172. The molecule has 1 aliphatic heterocycles. The number of carboxylic acid groups (broad SMARTS) is 1. The quantitative estimate of drug-likeness (QED) is 0.559. The van der Waals surface area contributed by atoms with Gasteiger partial charge in [0, 0.05) is 16.9 Å². The summed E-state index contributed by atoms with van der Waals surface area (Å²) in [6, 6.07) is 0. The van der Waals surface area contributed by atoms with Gasteiger partial charge in [-0.15, -0.1) is 0 Å². The highest BCUT2D eigenvalue weighted by Gasteiger charge is 2.04. The number of rotatable bonds is 1. The molecular weight excluding hydrogens is 152 g/mol. The van der Waals surface area contributed by atoms with E-state index in [1.54, 1.807) is 0 Å². The van der Waals surface area contributed by atoms with Crippen molar-refractivity contribution < 1.29 is 14.6 Å². The van der Waals surface area contributed by atoms with Crippen molar-refractivity contribution in [3.8, 4) is 0 Å². The van der Waals surface area contributed by atoms with Crippen molar-refractivity contribution in [3.63, 3.8) is 0 Å². The number of hydrogen-bond acceptors (Lipinski definition) is 2. The second-order valence-corrected chi connectivity index (χ2v) is 4.14. The van der Waals surface area contributed by atoms with Crippen LogP contribution in [0.1, 0.15) is 0 Å². The van der Waals surface area contributed by atoms with E-state index in [0.717, 1.165) is 11.5 Å². The molecule has 0 aromatic carbocycles. The highest BCUT2D eigenvalue weighted by atomic mass is 32.2. The Hall–Kier alpha value is -0.350. The van der Waals surface area contributed by atoms with E-state index < -0.39 is 5.97 Å². The molecule has 4 heteroatoms. The van der Waals surface area contributed by atoms with Crippen LogP contribution >= 0.6 is 10.5 Å². The van der Waals surface area contributed by atoms with Gasteiger partial charge in [0.05, 0.1) is 13.2 Å². The predicted molar refractivity (Wildman–Crippen MR) is 41.8 cm³/mol. The van der Waals surface area contributed by atoms with Gasteiger partial charge in [-0.3, -0.25) is 0 Å². The van der Waals surface area contributed by atoms with E-state index in [9.17, 15) is 4.79 Å². The lowest BCUT2D eigenvalue weighted by molar-refractivity contribution is -0.128. The number of carboxylic acids is 1. The molecule has 0 aromatic rings. The average Bonchev–Trinajstić information content (AvgIpc) is 1.88. The SMILES string of the molecule is O=C(O)C=S1CCOCC1. The van der Waals surface area contributed by atoms with Crippen molar-refractivity contribution in [2.75, 3.05) is 24.7 Å². The molecule has 3 nitrogen and oxygen atoms in total. The minimum Gasteiger partial charge on any atom is -0.478 e. The van der Waals surface area contributed by atoms with Crippen molar-refractivity contribution in [1.82, 2.24) is 0 Å². The zero-order chi connectivity index (χ0) is 7.40. The number of ether oxygens (including phenoxy) is 1. The van der Waals surface area contributed by atoms with Gasteiger partial charge in [0.15, 0.2) is 0 Å². The summed E-state index contributed by atoms with van der Waals surface area (Å²) in [7, 11) is -0.0243. The fourth-order valence-corrected chi connectivity index (χ4v) is 2.19. The summed E-state index contributed by atoms with van der Waals surface area (Å²) in [6.45, 7) is 1.43. The monoisotopic (exact) mass is 162 g/mol. The van der Waals surface area contributed by atoms with Crippen molar-refractivity contribution in [1.29, 1.82) is 0 Å². The van der Waals surface area contributed by atoms with Gasteiger partial charge >= 0.3 is 5.97 Å². The molecule has 0 amide bonds. The lowest BCUT2D eigenvalue weighted by Crippen LogP contribution is -2.13. The van der Waals surface area contributed by atoms with Crippen LogP contribution in [0.3, 0.4) is 0 Å². The van der Waals surface area contributed by atoms with Crippen LogP contribution in [0.4, 0.5) is 0 Å². The molecule has 1 N–H and O–H groups in total. The zero-order valence-electron chi connectivity index (χ0n) is 5.58. The molecule has 0 bridgehead atoms. The first kappa shape index (κ1) is 7.75. The molecular formula is C6H10O3S. The largest absolute Gasteiger partial charge is 0.478 e. The maximum Gasteiger partial charge on any atom is 0.333 e. The summed E-state index contributed by atoms with van der Waals surface area (Å²) in [6.07, 6.45) is 0. The van der Waals surface area contributed by atoms with Crippen molar-refractivity contribution in [2.45, 2.75) is 0 Å². The van der Waals surface area contributed by atoms with Gasteiger partial charge in [0.25, 0.3) is 0 Å². The van der Waals surface area contributed by atoms with Crippen LogP contribution in [0.5, 0.6) is 0 Å². The smallest absolute Gasteiger partial charge is 0.333 e. The van der Waals surface area contributed by atoms with Gasteiger partial charge in [-0.2, -0.15) is 10.5 Å². The minimum atomic E-state index is -0.801.